The van der Waals surface area contributed by atoms with Crippen molar-refractivity contribution in [3.8, 4) is 0 Å². The Balaban J connectivity index is 1.51. The summed E-state index contributed by atoms with van der Waals surface area (Å²) in [6.07, 6.45) is 1.48. The largest absolute Gasteiger partial charge is 0.322 e. The molecule has 1 N–H and O–H groups in total. The number of carbonyl (C=O) groups excluding carboxylic acids is 2. The Kier molecular flexibility index (Phi) is 4.20. The van der Waals surface area contributed by atoms with Crippen molar-refractivity contribution in [1.82, 2.24) is 4.98 Å². The predicted molar refractivity (Wildman–Crippen MR) is 105 cm³/mol. The van der Waals surface area contributed by atoms with Gasteiger partial charge in [0.1, 0.15) is 0 Å². The number of nitrogens with zero attached hydrogens (tertiary/aromatic N) is 2. The molecule has 2 heterocycles. The Labute approximate surface area is 155 Å². The molecule has 1 aromatic heterocycles. The molecular formula is C20H19N3O2S. The number of aryl methyl sites for hydroxylation is 1. The SMILES string of the molecule is Cc1nc2cc(C(=O)Nc3ccc(N4C(=O)CCC4C)cc3)ccc2s1. The fraction of sp³-hybridized carbons (Fsp3) is 0.250. The van der Waals surface area contributed by atoms with Gasteiger partial charge in [-0.25, -0.2) is 4.98 Å². The summed E-state index contributed by atoms with van der Waals surface area (Å²) in [5, 5.41) is 3.89. The summed E-state index contributed by atoms with van der Waals surface area (Å²) < 4.78 is 1.08. The monoisotopic (exact) mass is 365 g/mol. The molecule has 4 rings (SSSR count). The van der Waals surface area contributed by atoms with Crippen LogP contribution in [-0.4, -0.2) is 22.8 Å². The Morgan fingerprint density at radius 1 is 1.23 bits per heavy atom. The van der Waals surface area contributed by atoms with Crippen LogP contribution in [0.25, 0.3) is 10.2 Å². The molecule has 2 amide bonds. The van der Waals surface area contributed by atoms with Crippen LogP contribution in [0.1, 0.15) is 35.1 Å². The van der Waals surface area contributed by atoms with Crippen molar-refractivity contribution in [2.24, 2.45) is 0 Å². The van der Waals surface area contributed by atoms with Gasteiger partial charge in [0.25, 0.3) is 5.91 Å². The number of amides is 2. The lowest BCUT2D eigenvalue weighted by atomic mass is 10.2. The van der Waals surface area contributed by atoms with Crippen molar-refractivity contribution < 1.29 is 9.59 Å². The summed E-state index contributed by atoms with van der Waals surface area (Å²) in [5.74, 6) is -0.0166. The minimum absolute atomic E-state index is 0.154. The number of nitrogens with one attached hydrogen (secondary N) is 1. The van der Waals surface area contributed by atoms with Crippen LogP contribution in [0.5, 0.6) is 0 Å². The lowest BCUT2D eigenvalue weighted by Crippen LogP contribution is -2.30. The average Bonchev–Trinajstić information content (AvgIpc) is 3.16. The van der Waals surface area contributed by atoms with Gasteiger partial charge < -0.3 is 10.2 Å². The molecule has 1 aliphatic rings. The standard InChI is InChI=1S/C20H19N3O2S/c1-12-3-10-19(24)23(12)16-7-5-15(6-8-16)22-20(25)14-4-9-18-17(11-14)21-13(2)26-18/h4-9,11-12H,3,10H2,1-2H3,(H,22,25). The van der Waals surface area contributed by atoms with E-state index in [0.717, 1.165) is 27.3 Å². The molecule has 0 bridgehead atoms. The summed E-state index contributed by atoms with van der Waals surface area (Å²) >= 11 is 1.62. The summed E-state index contributed by atoms with van der Waals surface area (Å²) in [5.41, 5.74) is 3.00. The Bertz CT molecular complexity index is 994. The van der Waals surface area contributed by atoms with Crippen LogP contribution in [0.15, 0.2) is 42.5 Å². The second-order valence-electron chi connectivity index (χ2n) is 6.57. The van der Waals surface area contributed by atoms with Crippen LogP contribution >= 0.6 is 11.3 Å². The molecule has 1 atom stereocenters. The number of hydrogen-bond donors (Lipinski definition) is 1. The second kappa shape index (κ2) is 6.53. The van der Waals surface area contributed by atoms with Crippen LogP contribution in [0.4, 0.5) is 11.4 Å². The lowest BCUT2D eigenvalue weighted by Gasteiger charge is -2.21. The summed E-state index contributed by atoms with van der Waals surface area (Å²) in [4.78, 5) is 30.8. The van der Waals surface area contributed by atoms with Gasteiger partial charge in [-0.1, -0.05) is 0 Å². The molecule has 132 valence electrons. The Hall–Kier alpha value is -2.73. The summed E-state index contributed by atoms with van der Waals surface area (Å²) in [6, 6.07) is 13.2. The van der Waals surface area contributed by atoms with Gasteiger partial charge in [-0.2, -0.15) is 0 Å². The van der Waals surface area contributed by atoms with Crippen LogP contribution in [0.3, 0.4) is 0 Å². The van der Waals surface area contributed by atoms with Gasteiger partial charge >= 0.3 is 0 Å². The third-order valence-electron chi connectivity index (χ3n) is 4.65. The molecule has 0 radical (unpaired) electrons. The first-order chi connectivity index (χ1) is 12.5. The molecule has 1 fully saturated rings. The zero-order valence-electron chi connectivity index (χ0n) is 14.7. The van der Waals surface area contributed by atoms with Gasteiger partial charge in [0, 0.05) is 29.4 Å². The van der Waals surface area contributed by atoms with Crippen LogP contribution in [0.2, 0.25) is 0 Å². The van der Waals surface area contributed by atoms with Crippen LogP contribution < -0.4 is 10.2 Å². The number of aromatic nitrogens is 1. The number of hydrogen-bond acceptors (Lipinski definition) is 4. The van der Waals surface area contributed by atoms with Gasteiger partial charge in [0.15, 0.2) is 0 Å². The number of carbonyl (C=O) groups is 2. The van der Waals surface area contributed by atoms with Gasteiger partial charge in [-0.3, -0.25) is 9.59 Å². The van der Waals surface area contributed by atoms with E-state index in [2.05, 4.69) is 17.2 Å². The van der Waals surface area contributed by atoms with Crippen LogP contribution in [0, 0.1) is 6.92 Å². The smallest absolute Gasteiger partial charge is 0.255 e. The van der Waals surface area contributed by atoms with E-state index in [4.69, 9.17) is 0 Å². The number of rotatable bonds is 3. The van der Waals surface area contributed by atoms with Crippen molar-refractivity contribution >= 4 is 44.7 Å². The fourth-order valence-electron chi connectivity index (χ4n) is 3.32. The molecule has 1 aliphatic heterocycles. The maximum Gasteiger partial charge on any atom is 0.255 e. The number of benzene rings is 2. The van der Waals surface area contributed by atoms with Gasteiger partial charge in [0.05, 0.1) is 15.2 Å². The molecule has 0 aliphatic carbocycles. The van der Waals surface area contributed by atoms with E-state index in [-0.39, 0.29) is 17.9 Å². The highest BCUT2D eigenvalue weighted by Crippen LogP contribution is 2.28. The predicted octanol–water partition coefficient (Wildman–Crippen LogP) is 4.37. The third-order valence-corrected chi connectivity index (χ3v) is 5.60. The van der Waals surface area contributed by atoms with Crippen molar-refractivity contribution in [1.29, 1.82) is 0 Å². The number of fused-ring (bicyclic) bond motifs is 1. The van der Waals surface area contributed by atoms with E-state index in [1.807, 2.05) is 54.3 Å². The highest BCUT2D eigenvalue weighted by atomic mass is 32.1. The zero-order chi connectivity index (χ0) is 18.3. The van der Waals surface area contributed by atoms with E-state index >= 15 is 0 Å². The molecule has 3 aromatic rings. The topological polar surface area (TPSA) is 62.3 Å². The zero-order valence-corrected chi connectivity index (χ0v) is 15.5. The first kappa shape index (κ1) is 16.7. The second-order valence-corrected chi connectivity index (χ2v) is 7.80. The summed E-state index contributed by atoms with van der Waals surface area (Å²) in [7, 11) is 0. The minimum atomic E-state index is -0.170. The van der Waals surface area contributed by atoms with Crippen molar-refractivity contribution in [2.45, 2.75) is 32.7 Å². The van der Waals surface area contributed by atoms with Crippen LogP contribution in [-0.2, 0) is 4.79 Å². The third kappa shape index (κ3) is 3.08. The fourth-order valence-corrected chi connectivity index (χ4v) is 4.13. The molecule has 1 unspecified atom stereocenters. The quantitative estimate of drug-likeness (QED) is 0.749. The normalized spacial score (nSPS) is 17.1. The van der Waals surface area contributed by atoms with Crippen molar-refractivity contribution in [2.75, 3.05) is 10.2 Å². The average molecular weight is 365 g/mol. The number of anilines is 2. The molecule has 5 nitrogen and oxygen atoms in total. The molecule has 26 heavy (non-hydrogen) atoms. The molecule has 0 saturated carbocycles. The maximum absolute atomic E-state index is 12.5. The van der Waals surface area contributed by atoms with Crippen molar-refractivity contribution in [3.05, 3.63) is 53.0 Å². The number of thiazole rings is 1. The first-order valence-electron chi connectivity index (χ1n) is 8.62. The minimum Gasteiger partial charge on any atom is -0.322 e. The Morgan fingerprint density at radius 2 is 2.00 bits per heavy atom. The molecule has 6 heteroatoms. The van der Waals surface area contributed by atoms with E-state index in [0.29, 0.717) is 17.7 Å². The highest BCUT2D eigenvalue weighted by Gasteiger charge is 2.28. The molecule has 2 aromatic carbocycles. The van der Waals surface area contributed by atoms with Gasteiger partial charge in [0.2, 0.25) is 5.91 Å². The highest BCUT2D eigenvalue weighted by molar-refractivity contribution is 7.18. The molecular weight excluding hydrogens is 346 g/mol. The first-order valence-corrected chi connectivity index (χ1v) is 9.43. The maximum atomic E-state index is 12.5. The van der Waals surface area contributed by atoms with E-state index in [9.17, 15) is 9.59 Å². The molecule has 0 spiro atoms. The van der Waals surface area contributed by atoms with E-state index in [1.54, 1.807) is 11.3 Å². The van der Waals surface area contributed by atoms with Gasteiger partial charge in [-0.05, 0) is 62.7 Å². The molecule has 1 saturated heterocycles. The lowest BCUT2D eigenvalue weighted by molar-refractivity contribution is -0.117. The summed E-state index contributed by atoms with van der Waals surface area (Å²) in [6.45, 7) is 4.01. The van der Waals surface area contributed by atoms with E-state index < -0.39 is 0 Å². The van der Waals surface area contributed by atoms with E-state index in [1.165, 1.54) is 0 Å². The van der Waals surface area contributed by atoms with Gasteiger partial charge in [-0.15, -0.1) is 11.3 Å². The van der Waals surface area contributed by atoms with Crippen molar-refractivity contribution in [3.63, 3.8) is 0 Å². The Morgan fingerprint density at radius 3 is 2.69 bits per heavy atom.